The van der Waals surface area contributed by atoms with Gasteiger partial charge in [0.25, 0.3) is 5.91 Å². The molecule has 0 unspecified atom stereocenters. The molecule has 1 N–H and O–H groups in total. The van der Waals surface area contributed by atoms with E-state index in [1.807, 2.05) is 37.3 Å². The van der Waals surface area contributed by atoms with E-state index in [0.717, 1.165) is 16.7 Å². The number of hydrogen-bond donors (Lipinski definition) is 1. The second-order valence-electron chi connectivity index (χ2n) is 7.11. The SMILES string of the molecule is COc1ccc(/C=C2/N=C(c3cccc(C)c3)N(c3ccc(O)cc3)C2=O)cc1OC. The highest BCUT2D eigenvalue weighted by Gasteiger charge is 2.32. The van der Waals surface area contributed by atoms with Gasteiger partial charge < -0.3 is 14.6 Å². The van der Waals surface area contributed by atoms with Gasteiger partial charge in [-0.15, -0.1) is 0 Å². The quantitative estimate of drug-likeness (QED) is 0.622. The molecule has 6 heteroatoms. The Kier molecular flexibility index (Phi) is 5.45. The van der Waals surface area contributed by atoms with Gasteiger partial charge in [0.15, 0.2) is 11.5 Å². The minimum atomic E-state index is -0.253. The summed E-state index contributed by atoms with van der Waals surface area (Å²) in [5.74, 6) is 1.59. The number of rotatable bonds is 5. The number of ether oxygens (including phenoxy) is 2. The summed E-state index contributed by atoms with van der Waals surface area (Å²) in [5, 5.41) is 9.66. The molecule has 0 saturated carbocycles. The summed E-state index contributed by atoms with van der Waals surface area (Å²) in [6.07, 6.45) is 1.72. The highest BCUT2D eigenvalue weighted by atomic mass is 16.5. The lowest BCUT2D eigenvalue weighted by molar-refractivity contribution is -0.113. The zero-order valence-electron chi connectivity index (χ0n) is 17.5. The molecular formula is C25H22N2O4. The predicted octanol–water partition coefficient (Wildman–Crippen LogP) is 4.55. The molecule has 0 fully saturated rings. The number of amides is 1. The molecule has 0 spiro atoms. The highest BCUT2D eigenvalue weighted by Crippen LogP contribution is 2.32. The molecule has 156 valence electrons. The van der Waals surface area contributed by atoms with Crippen molar-refractivity contribution in [1.82, 2.24) is 0 Å². The first-order valence-electron chi connectivity index (χ1n) is 9.73. The molecule has 31 heavy (non-hydrogen) atoms. The van der Waals surface area contributed by atoms with E-state index >= 15 is 0 Å². The molecule has 4 rings (SSSR count). The molecule has 0 radical (unpaired) electrons. The van der Waals surface area contributed by atoms with Crippen LogP contribution in [0.4, 0.5) is 5.69 Å². The Bertz CT molecular complexity index is 1200. The Labute approximate surface area is 180 Å². The molecule has 0 atom stereocenters. The summed E-state index contributed by atoms with van der Waals surface area (Å²) in [7, 11) is 3.14. The van der Waals surface area contributed by atoms with Gasteiger partial charge in [0.05, 0.1) is 19.9 Å². The molecule has 6 nitrogen and oxygen atoms in total. The van der Waals surface area contributed by atoms with Crippen molar-refractivity contribution in [1.29, 1.82) is 0 Å². The van der Waals surface area contributed by atoms with Gasteiger partial charge >= 0.3 is 0 Å². The highest BCUT2D eigenvalue weighted by molar-refractivity contribution is 6.33. The third-order valence-corrected chi connectivity index (χ3v) is 4.96. The molecule has 1 aliphatic heterocycles. The minimum absolute atomic E-state index is 0.130. The molecule has 0 bridgehead atoms. The number of aryl methyl sites for hydroxylation is 1. The average molecular weight is 414 g/mol. The van der Waals surface area contributed by atoms with Crippen molar-refractivity contribution in [2.45, 2.75) is 6.92 Å². The van der Waals surface area contributed by atoms with Crippen LogP contribution >= 0.6 is 0 Å². The van der Waals surface area contributed by atoms with E-state index in [9.17, 15) is 9.90 Å². The molecule has 1 aliphatic rings. The third kappa shape index (κ3) is 4.00. The van der Waals surface area contributed by atoms with Gasteiger partial charge in [0.2, 0.25) is 0 Å². The van der Waals surface area contributed by atoms with Crippen molar-refractivity contribution in [3.8, 4) is 17.2 Å². The van der Waals surface area contributed by atoms with Crippen molar-refractivity contribution in [3.05, 3.63) is 89.1 Å². The molecule has 3 aromatic rings. The van der Waals surface area contributed by atoms with Gasteiger partial charge in [-0.3, -0.25) is 9.69 Å². The van der Waals surface area contributed by atoms with Crippen molar-refractivity contribution in [2.24, 2.45) is 4.99 Å². The average Bonchev–Trinajstić information content (AvgIpc) is 3.10. The van der Waals surface area contributed by atoms with Crippen LogP contribution < -0.4 is 14.4 Å². The first-order chi connectivity index (χ1) is 15.0. The van der Waals surface area contributed by atoms with E-state index in [0.29, 0.717) is 28.7 Å². The standard InChI is InChI=1S/C25H22N2O4/c1-16-5-4-6-18(13-16)24-26-21(14-17-7-12-22(30-2)23(15-17)31-3)25(29)27(24)19-8-10-20(28)11-9-19/h4-15,28H,1-3H3/b21-14+. The Morgan fingerprint density at radius 3 is 2.35 bits per heavy atom. The minimum Gasteiger partial charge on any atom is -0.508 e. The van der Waals surface area contributed by atoms with Crippen LogP contribution in [0.15, 0.2) is 77.4 Å². The third-order valence-electron chi connectivity index (χ3n) is 4.96. The van der Waals surface area contributed by atoms with Crippen LogP contribution in [0, 0.1) is 6.92 Å². The lowest BCUT2D eigenvalue weighted by Gasteiger charge is -2.18. The van der Waals surface area contributed by atoms with Gasteiger partial charge in [0, 0.05) is 5.56 Å². The van der Waals surface area contributed by atoms with Crippen LogP contribution in [0.3, 0.4) is 0 Å². The molecular weight excluding hydrogens is 392 g/mol. The number of phenols is 1. The Morgan fingerprint density at radius 2 is 1.68 bits per heavy atom. The second kappa shape index (κ2) is 8.36. The first-order valence-corrected chi connectivity index (χ1v) is 9.73. The van der Waals surface area contributed by atoms with Crippen molar-refractivity contribution in [3.63, 3.8) is 0 Å². The van der Waals surface area contributed by atoms with Gasteiger partial charge in [0.1, 0.15) is 17.3 Å². The molecule has 0 saturated heterocycles. The fourth-order valence-electron chi connectivity index (χ4n) is 3.44. The Morgan fingerprint density at radius 1 is 0.935 bits per heavy atom. The Balaban J connectivity index is 1.81. The Hall–Kier alpha value is -4.06. The number of hydrogen-bond acceptors (Lipinski definition) is 5. The lowest BCUT2D eigenvalue weighted by Crippen LogP contribution is -2.32. The molecule has 0 aliphatic carbocycles. The number of methoxy groups -OCH3 is 2. The molecule has 0 aromatic heterocycles. The van der Waals surface area contributed by atoms with Crippen LogP contribution in [-0.2, 0) is 4.79 Å². The summed E-state index contributed by atoms with van der Waals surface area (Å²) < 4.78 is 10.6. The summed E-state index contributed by atoms with van der Waals surface area (Å²) in [5.41, 5.74) is 3.59. The fourth-order valence-corrected chi connectivity index (χ4v) is 3.44. The summed E-state index contributed by atoms with van der Waals surface area (Å²) in [6.45, 7) is 1.99. The number of aromatic hydroxyl groups is 1. The van der Waals surface area contributed by atoms with E-state index in [2.05, 4.69) is 4.99 Å². The number of phenolic OH excluding ortho intramolecular Hbond substituents is 1. The van der Waals surface area contributed by atoms with Crippen LogP contribution in [0.2, 0.25) is 0 Å². The van der Waals surface area contributed by atoms with Gasteiger partial charge in [-0.25, -0.2) is 4.99 Å². The molecule has 1 heterocycles. The second-order valence-corrected chi connectivity index (χ2v) is 7.11. The first kappa shape index (κ1) is 20.2. The maximum absolute atomic E-state index is 13.4. The largest absolute Gasteiger partial charge is 0.508 e. The fraction of sp³-hybridized carbons (Fsp3) is 0.120. The van der Waals surface area contributed by atoms with Gasteiger partial charge in [-0.2, -0.15) is 0 Å². The van der Waals surface area contributed by atoms with Crippen molar-refractivity contribution < 1.29 is 19.4 Å². The maximum Gasteiger partial charge on any atom is 0.282 e. The number of anilines is 1. The number of benzene rings is 3. The maximum atomic E-state index is 13.4. The summed E-state index contributed by atoms with van der Waals surface area (Å²) in [4.78, 5) is 19.6. The van der Waals surface area contributed by atoms with Crippen LogP contribution in [0.1, 0.15) is 16.7 Å². The van der Waals surface area contributed by atoms with E-state index in [-0.39, 0.29) is 11.7 Å². The number of aliphatic imine (C=N–C) groups is 1. The van der Waals surface area contributed by atoms with E-state index in [1.54, 1.807) is 61.6 Å². The topological polar surface area (TPSA) is 71.4 Å². The smallest absolute Gasteiger partial charge is 0.282 e. The van der Waals surface area contributed by atoms with Gasteiger partial charge in [-0.05, 0) is 61.0 Å². The monoisotopic (exact) mass is 414 g/mol. The van der Waals surface area contributed by atoms with Crippen LogP contribution in [0.25, 0.3) is 6.08 Å². The van der Waals surface area contributed by atoms with Crippen LogP contribution in [0.5, 0.6) is 17.2 Å². The van der Waals surface area contributed by atoms with E-state index < -0.39 is 0 Å². The normalized spacial score (nSPS) is 14.7. The van der Waals surface area contributed by atoms with Crippen LogP contribution in [-0.4, -0.2) is 31.1 Å². The molecule has 1 amide bonds. The zero-order chi connectivity index (χ0) is 22.0. The van der Waals surface area contributed by atoms with E-state index in [4.69, 9.17) is 9.47 Å². The lowest BCUT2D eigenvalue weighted by atomic mass is 10.1. The summed E-state index contributed by atoms with van der Waals surface area (Å²) in [6, 6.07) is 19.7. The van der Waals surface area contributed by atoms with Crippen molar-refractivity contribution in [2.75, 3.05) is 19.1 Å². The van der Waals surface area contributed by atoms with Gasteiger partial charge in [-0.1, -0.05) is 29.8 Å². The summed E-state index contributed by atoms with van der Waals surface area (Å²) >= 11 is 0. The number of carbonyl (C=O) groups excluding carboxylic acids is 1. The van der Waals surface area contributed by atoms with Crippen molar-refractivity contribution >= 4 is 23.5 Å². The predicted molar refractivity (Wildman–Crippen MR) is 121 cm³/mol. The number of carbonyl (C=O) groups is 1. The number of amidine groups is 1. The zero-order valence-corrected chi connectivity index (χ0v) is 17.5. The van der Waals surface area contributed by atoms with E-state index in [1.165, 1.54) is 0 Å². The molecule has 3 aromatic carbocycles. The number of nitrogens with zero attached hydrogens (tertiary/aromatic N) is 2.